The van der Waals surface area contributed by atoms with Gasteiger partial charge in [0, 0.05) is 5.56 Å². The molecule has 3 nitrogen and oxygen atoms in total. The zero-order valence-corrected chi connectivity index (χ0v) is 16.0. The van der Waals surface area contributed by atoms with Gasteiger partial charge in [-0.1, -0.05) is 32.6 Å². The van der Waals surface area contributed by atoms with E-state index in [9.17, 15) is 9.59 Å². The number of ether oxygens (including phenoxy) is 1. The molecule has 1 aromatic carbocycles. The van der Waals surface area contributed by atoms with E-state index >= 15 is 0 Å². The number of benzene rings is 1. The van der Waals surface area contributed by atoms with Gasteiger partial charge in [0.25, 0.3) is 0 Å². The Morgan fingerprint density at radius 3 is 2.08 bits per heavy atom. The van der Waals surface area contributed by atoms with Gasteiger partial charge in [0.05, 0.1) is 5.92 Å². The first-order valence-corrected chi connectivity index (χ1v) is 10.5. The number of esters is 1. The van der Waals surface area contributed by atoms with Gasteiger partial charge in [-0.25, -0.2) is 0 Å². The second kappa shape index (κ2) is 9.34. The standard InChI is InChI=1S/C23H32O3/c1-2-3-17-4-8-19(9-5-17)20-10-12-21(13-11-20)23(25)26-22-14-6-18(16-24)7-15-22/h6-7,14-17,19-21H,2-5,8-13H2,1H3/t17-,19-,20-,21-. The summed E-state index contributed by atoms with van der Waals surface area (Å²) in [5.41, 5.74) is 0.596. The van der Waals surface area contributed by atoms with E-state index in [1.807, 2.05) is 0 Å². The van der Waals surface area contributed by atoms with Crippen molar-refractivity contribution in [2.24, 2.45) is 23.7 Å². The number of aldehydes is 1. The lowest BCUT2D eigenvalue weighted by atomic mass is 9.69. The Balaban J connectivity index is 1.43. The predicted molar refractivity (Wildman–Crippen MR) is 103 cm³/mol. The van der Waals surface area contributed by atoms with Crippen LogP contribution in [-0.2, 0) is 4.79 Å². The van der Waals surface area contributed by atoms with Gasteiger partial charge in [-0.2, -0.15) is 0 Å². The van der Waals surface area contributed by atoms with Crippen molar-refractivity contribution in [2.45, 2.75) is 71.1 Å². The zero-order valence-electron chi connectivity index (χ0n) is 16.0. The summed E-state index contributed by atoms with van der Waals surface area (Å²) in [5.74, 6) is 3.14. The second-order valence-corrected chi connectivity index (χ2v) is 8.29. The van der Waals surface area contributed by atoms with E-state index in [0.717, 1.165) is 36.9 Å². The molecule has 2 fully saturated rings. The summed E-state index contributed by atoms with van der Waals surface area (Å²) in [6.45, 7) is 2.29. The van der Waals surface area contributed by atoms with Gasteiger partial charge in [0.1, 0.15) is 12.0 Å². The van der Waals surface area contributed by atoms with E-state index in [4.69, 9.17) is 4.74 Å². The molecule has 0 amide bonds. The van der Waals surface area contributed by atoms with Crippen LogP contribution >= 0.6 is 0 Å². The Hall–Kier alpha value is -1.64. The SMILES string of the molecule is CCC[C@H]1CC[C@H]([C@H]2CC[C@H](C(=O)Oc3ccc(C=O)cc3)CC2)CC1. The lowest BCUT2D eigenvalue weighted by Gasteiger charge is -2.37. The largest absolute Gasteiger partial charge is 0.426 e. The first-order valence-electron chi connectivity index (χ1n) is 10.5. The summed E-state index contributed by atoms with van der Waals surface area (Å²) < 4.78 is 5.52. The van der Waals surface area contributed by atoms with Crippen LogP contribution in [0, 0.1) is 23.7 Å². The highest BCUT2D eigenvalue weighted by atomic mass is 16.5. The molecule has 2 saturated carbocycles. The third kappa shape index (κ3) is 4.96. The molecule has 0 saturated heterocycles. The average Bonchev–Trinajstić information content (AvgIpc) is 2.69. The van der Waals surface area contributed by atoms with Crippen molar-refractivity contribution >= 4 is 12.3 Å². The van der Waals surface area contributed by atoms with Crippen LogP contribution in [-0.4, -0.2) is 12.3 Å². The summed E-state index contributed by atoms with van der Waals surface area (Å²) in [5, 5.41) is 0. The molecule has 0 radical (unpaired) electrons. The maximum absolute atomic E-state index is 12.4. The number of carbonyl (C=O) groups is 2. The van der Waals surface area contributed by atoms with Gasteiger partial charge in [0.2, 0.25) is 0 Å². The van der Waals surface area contributed by atoms with Crippen LogP contribution in [0.5, 0.6) is 5.75 Å². The van der Waals surface area contributed by atoms with Crippen molar-refractivity contribution < 1.29 is 14.3 Å². The Morgan fingerprint density at radius 2 is 1.54 bits per heavy atom. The van der Waals surface area contributed by atoms with Crippen LogP contribution in [0.4, 0.5) is 0 Å². The van der Waals surface area contributed by atoms with E-state index in [1.165, 1.54) is 51.4 Å². The monoisotopic (exact) mass is 356 g/mol. The highest BCUT2D eigenvalue weighted by molar-refractivity contribution is 5.77. The smallest absolute Gasteiger partial charge is 0.314 e. The van der Waals surface area contributed by atoms with Crippen LogP contribution in [0.25, 0.3) is 0 Å². The molecule has 0 bridgehead atoms. The molecule has 26 heavy (non-hydrogen) atoms. The Labute approximate surface area is 157 Å². The summed E-state index contributed by atoms with van der Waals surface area (Å²) in [6, 6.07) is 6.76. The molecule has 0 N–H and O–H groups in total. The minimum Gasteiger partial charge on any atom is -0.426 e. The molecule has 2 aliphatic rings. The van der Waals surface area contributed by atoms with Gasteiger partial charge >= 0.3 is 5.97 Å². The summed E-state index contributed by atoms with van der Waals surface area (Å²) in [4.78, 5) is 23.1. The van der Waals surface area contributed by atoms with E-state index in [1.54, 1.807) is 24.3 Å². The topological polar surface area (TPSA) is 43.4 Å². The maximum atomic E-state index is 12.4. The molecule has 0 heterocycles. The van der Waals surface area contributed by atoms with Gasteiger partial charge in [-0.3, -0.25) is 9.59 Å². The van der Waals surface area contributed by atoms with Crippen LogP contribution in [0.1, 0.15) is 81.5 Å². The van der Waals surface area contributed by atoms with E-state index in [-0.39, 0.29) is 11.9 Å². The number of rotatable bonds is 6. The fourth-order valence-electron chi connectivity index (χ4n) is 5.00. The van der Waals surface area contributed by atoms with Gasteiger partial charge in [0.15, 0.2) is 0 Å². The lowest BCUT2D eigenvalue weighted by Crippen LogP contribution is -2.30. The number of carbonyl (C=O) groups excluding carboxylic acids is 2. The highest BCUT2D eigenvalue weighted by Gasteiger charge is 2.33. The minimum absolute atomic E-state index is 0.0356. The van der Waals surface area contributed by atoms with Crippen molar-refractivity contribution in [3.8, 4) is 5.75 Å². The van der Waals surface area contributed by atoms with Gasteiger partial charge in [-0.05, 0) is 80.5 Å². The quantitative estimate of drug-likeness (QED) is 0.366. The molecule has 0 aliphatic heterocycles. The molecule has 3 heteroatoms. The van der Waals surface area contributed by atoms with Crippen LogP contribution in [0.2, 0.25) is 0 Å². The van der Waals surface area contributed by atoms with Crippen LogP contribution < -0.4 is 4.74 Å². The van der Waals surface area contributed by atoms with E-state index in [0.29, 0.717) is 11.3 Å². The maximum Gasteiger partial charge on any atom is 0.314 e. The molecular formula is C23H32O3. The van der Waals surface area contributed by atoms with Crippen molar-refractivity contribution in [3.05, 3.63) is 29.8 Å². The third-order valence-corrected chi connectivity index (χ3v) is 6.59. The normalized spacial score (nSPS) is 29.1. The van der Waals surface area contributed by atoms with Gasteiger partial charge < -0.3 is 4.74 Å². The third-order valence-electron chi connectivity index (χ3n) is 6.59. The number of hydrogen-bond donors (Lipinski definition) is 0. The molecule has 0 unspecified atom stereocenters. The molecule has 0 atom stereocenters. The van der Waals surface area contributed by atoms with Crippen molar-refractivity contribution in [3.63, 3.8) is 0 Å². The summed E-state index contributed by atoms with van der Waals surface area (Å²) in [6.07, 6.45) is 13.4. The summed E-state index contributed by atoms with van der Waals surface area (Å²) >= 11 is 0. The van der Waals surface area contributed by atoms with Crippen LogP contribution in [0.3, 0.4) is 0 Å². The minimum atomic E-state index is -0.103. The Morgan fingerprint density at radius 1 is 0.962 bits per heavy atom. The van der Waals surface area contributed by atoms with Gasteiger partial charge in [-0.15, -0.1) is 0 Å². The molecule has 1 aromatic rings. The lowest BCUT2D eigenvalue weighted by molar-refractivity contribution is -0.140. The summed E-state index contributed by atoms with van der Waals surface area (Å²) in [7, 11) is 0. The highest BCUT2D eigenvalue weighted by Crippen LogP contribution is 2.42. The molecule has 142 valence electrons. The molecule has 0 aromatic heterocycles. The number of hydrogen-bond acceptors (Lipinski definition) is 3. The predicted octanol–water partition coefficient (Wildman–Crippen LogP) is 5.82. The fourth-order valence-corrected chi connectivity index (χ4v) is 5.00. The molecular weight excluding hydrogens is 324 g/mol. The average molecular weight is 357 g/mol. The molecule has 3 rings (SSSR count). The Kier molecular flexibility index (Phi) is 6.87. The molecule has 0 spiro atoms. The second-order valence-electron chi connectivity index (χ2n) is 8.29. The fraction of sp³-hybridized carbons (Fsp3) is 0.652. The first kappa shape index (κ1) is 19.1. The first-order chi connectivity index (χ1) is 12.7. The van der Waals surface area contributed by atoms with E-state index in [2.05, 4.69) is 6.92 Å². The van der Waals surface area contributed by atoms with E-state index < -0.39 is 0 Å². The zero-order chi connectivity index (χ0) is 18.4. The van der Waals surface area contributed by atoms with Crippen molar-refractivity contribution in [1.82, 2.24) is 0 Å². The molecule has 2 aliphatic carbocycles. The Bertz CT molecular complexity index is 576. The van der Waals surface area contributed by atoms with Crippen LogP contribution in [0.15, 0.2) is 24.3 Å². The van der Waals surface area contributed by atoms with Crippen molar-refractivity contribution in [2.75, 3.05) is 0 Å². The van der Waals surface area contributed by atoms with Crippen molar-refractivity contribution in [1.29, 1.82) is 0 Å².